The van der Waals surface area contributed by atoms with Crippen LogP contribution in [-0.2, 0) is 4.74 Å². The van der Waals surface area contributed by atoms with E-state index in [2.05, 4.69) is 20.9 Å². The van der Waals surface area contributed by atoms with Crippen LogP contribution >= 0.6 is 15.9 Å². The molecule has 108 valence electrons. The molecule has 0 aliphatic carbocycles. The minimum Gasteiger partial charge on any atom is -0.480 e. The molecule has 0 bridgehead atoms. The zero-order valence-electron chi connectivity index (χ0n) is 11.1. The van der Waals surface area contributed by atoms with Crippen LogP contribution in [0.4, 0.5) is 10.5 Å². The van der Waals surface area contributed by atoms with Crippen molar-refractivity contribution in [1.82, 2.24) is 0 Å². The molecule has 1 aliphatic heterocycles. The minimum absolute atomic E-state index is 0.150. The van der Waals surface area contributed by atoms with E-state index in [0.717, 1.165) is 23.7 Å². The van der Waals surface area contributed by atoms with Crippen molar-refractivity contribution in [2.75, 3.05) is 24.6 Å². The molecular weight excluding hydrogens is 324 g/mol. The zero-order valence-corrected chi connectivity index (χ0v) is 12.7. The topological polar surface area (TPSA) is 62.1 Å². The number of halogens is 1. The van der Waals surface area contributed by atoms with Gasteiger partial charge in [0.15, 0.2) is 0 Å². The van der Waals surface area contributed by atoms with Crippen molar-refractivity contribution < 1.29 is 14.6 Å². The van der Waals surface area contributed by atoms with Gasteiger partial charge in [-0.2, -0.15) is 0 Å². The summed E-state index contributed by atoms with van der Waals surface area (Å²) in [6, 6.07) is 7.13. The van der Waals surface area contributed by atoms with E-state index in [1.165, 1.54) is 4.90 Å². The summed E-state index contributed by atoms with van der Waals surface area (Å²) in [6.07, 6.45) is 2.11. The van der Waals surface area contributed by atoms with Gasteiger partial charge in [-0.1, -0.05) is 15.9 Å². The molecule has 0 radical (unpaired) electrons. The fraction of sp³-hybridized carbons (Fsp3) is 0.429. The van der Waals surface area contributed by atoms with Crippen LogP contribution in [0.3, 0.4) is 0 Å². The Morgan fingerprint density at radius 2 is 2.05 bits per heavy atom. The predicted octanol–water partition coefficient (Wildman–Crippen LogP) is 3.53. The standard InChI is InChI=1S/C14H17BrN2O3/c15-11-4-6-12(7-5-11)17(14(18)19)10-13-16-8-2-1-3-9-20-13/h4-7H,1-3,8-10H2,(H,18,19). The molecule has 5 nitrogen and oxygen atoms in total. The minimum atomic E-state index is -1.01. The van der Waals surface area contributed by atoms with Gasteiger partial charge in [0.1, 0.15) is 6.54 Å². The number of hydrogen-bond donors (Lipinski definition) is 1. The van der Waals surface area contributed by atoms with Crippen molar-refractivity contribution >= 4 is 33.6 Å². The van der Waals surface area contributed by atoms with E-state index in [4.69, 9.17) is 4.74 Å². The monoisotopic (exact) mass is 340 g/mol. The molecule has 1 heterocycles. The summed E-state index contributed by atoms with van der Waals surface area (Å²) in [4.78, 5) is 17.0. The number of hydrogen-bond acceptors (Lipinski definition) is 3. The van der Waals surface area contributed by atoms with Crippen LogP contribution in [0, 0.1) is 0 Å². The van der Waals surface area contributed by atoms with E-state index in [-0.39, 0.29) is 6.54 Å². The number of carbonyl (C=O) groups is 1. The average Bonchev–Trinajstić information content (AvgIpc) is 2.38. The van der Waals surface area contributed by atoms with Gasteiger partial charge in [0.05, 0.1) is 6.61 Å². The summed E-state index contributed by atoms with van der Waals surface area (Å²) in [5.74, 6) is 0.495. The van der Waals surface area contributed by atoms with Gasteiger partial charge in [0, 0.05) is 16.7 Å². The molecule has 0 atom stereocenters. The Kier molecular flexibility index (Phi) is 5.40. The quantitative estimate of drug-likeness (QED) is 0.915. The number of aliphatic imine (C=N–C) groups is 1. The number of rotatable bonds is 3. The van der Waals surface area contributed by atoms with Crippen LogP contribution in [0.25, 0.3) is 0 Å². The highest BCUT2D eigenvalue weighted by Gasteiger charge is 2.18. The van der Waals surface area contributed by atoms with Gasteiger partial charge >= 0.3 is 6.09 Å². The number of ether oxygens (including phenoxy) is 1. The van der Waals surface area contributed by atoms with E-state index in [1.54, 1.807) is 12.1 Å². The van der Waals surface area contributed by atoms with Crippen LogP contribution in [0.2, 0.25) is 0 Å². The van der Waals surface area contributed by atoms with Gasteiger partial charge in [-0.3, -0.25) is 9.89 Å². The lowest BCUT2D eigenvalue weighted by molar-refractivity contribution is 0.201. The Balaban J connectivity index is 2.12. The van der Waals surface area contributed by atoms with Crippen LogP contribution in [-0.4, -0.2) is 36.8 Å². The Labute approximate surface area is 126 Å². The van der Waals surface area contributed by atoms with E-state index in [0.29, 0.717) is 24.7 Å². The highest BCUT2D eigenvalue weighted by atomic mass is 79.9. The summed E-state index contributed by atoms with van der Waals surface area (Å²) in [5.41, 5.74) is 0.606. The van der Waals surface area contributed by atoms with E-state index in [1.807, 2.05) is 12.1 Å². The van der Waals surface area contributed by atoms with E-state index >= 15 is 0 Å². The van der Waals surface area contributed by atoms with E-state index < -0.39 is 6.09 Å². The van der Waals surface area contributed by atoms with Crippen LogP contribution < -0.4 is 4.90 Å². The molecule has 1 aliphatic rings. The number of benzene rings is 1. The maximum Gasteiger partial charge on any atom is 0.412 e. The average molecular weight is 341 g/mol. The molecule has 1 aromatic carbocycles. The summed E-state index contributed by atoms with van der Waals surface area (Å²) >= 11 is 3.33. The molecular formula is C14H17BrN2O3. The van der Waals surface area contributed by atoms with Gasteiger partial charge in [-0.25, -0.2) is 4.79 Å². The third-order valence-corrected chi connectivity index (χ3v) is 3.55. The summed E-state index contributed by atoms with van der Waals surface area (Å²) < 4.78 is 6.45. The van der Waals surface area contributed by atoms with Crippen molar-refractivity contribution in [1.29, 1.82) is 0 Å². The maximum atomic E-state index is 11.4. The first kappa shape index (κ1) is 14.8. The lowest BCUT2D eigenvalue weighted by atomic mass is 10.2. The number of anilines is 1. The molecule has 0 unspecified atom stereocenters. The van der Waals surface area contributed by atoms with Crippen molar-refractivity contribution in [3.05, 3.63) is 28.7 Å². The fourth-order valence-electron chi connectivity index (χ4n) is 1.95. The fourth-order valence-corrected chi connectivity index (χ4v) is 2.22. The van der Waals surface area contributed by atoms with Gasteiger partial charge < -0.3 is 9.84 Å². The second-order valence-electron chi connectivity index (χ2n) is 4.53. The molecule has 1 amide bonds. The molecule has 20 heavy (non-hydrogen) atoms. The summed E-state index contributed by atoms with van der Waals surface area (Å²) in [7, 11) is 0. The van der Waals surface area contributed by atoms with Crippen LogP contribution in [0.1, 0.15) is 19.3 Å². The molecule has 6 heteroatoms. The first-order chi connectivity index (χ1) is 9.66. The SMILES string of the molecule is O=C(O)N(CC1=NCCCCCO1)c1ccc(Br)cc1. The smallest absolute Gasteiger partial charge is 0.412 e. The molecule has 1 N–H and O–H groups in total. The summed E-state index contributed by atoms with van der Waals surface area (Å²) in [5, 5.41) is 9.36. The van der Waals surface area contributed by atoms with Crippen molar-refractivity contribution in [3.63, 3.8) is 0 Å². The normalized spacial score (nSPS) is 15.6. The molecule has 0 saturated heterocycles. The Morgan fingerprint density at radius 1 is 1.30 bits per heavy atom. The van der Waals surface area contributed by atoms with Crippen LogP contribution in [0.5, 0.6) is 0 Å². The summed E-state index contributed by atoms with van der Waals surface area (Å²) in [6.45, 7) is 1.45. The number of carboxylic acid groups (broad SMARTS) is 1. The van der Waals surface area contributed by atoms with Gasteiger partial charge in [-0.15, -0.1) is 0 Å². The van der Waals surface area contributed by atoms with Gasteiger partial charge in [0.25, 0.3) is 0 Å². The second-order valence-corrected chi connectivity index (χ2v) is 5.45. The molecule has 0 spiro atoms. The highest BCUT2D eigenvalue weighted by Crippen LogP contribution is 2.19. The van der Waals surface area contributed by atoms with E-state index in [9.17, 15) is 9.90 Å². The maximum absolute atomic E-state index is 11.4. The van der Waals surface area contributed by atoms with Gasteiger partial charge in [-0.05, 0) is 43.5 Å². The molecule has 0 saturated carbocycles. The van der Waals surface area contributed by atoms with Crippen molar-refractivity contribution in [3.8, 4) is 0 Å². The third kappa shape index (κ3) is 4.23. The van der Waals surface area contributed by atoms with Crippen molar-refractivity contribution in [2.24, 2.45) is 4.99 Å². The zero-order chi connectivity index (χ0) is 14.4. The number of amides is 1. The first-order valence-corrected chi connectivity index (χ1v) is 7.38. The Bertz CT molecular complexity index is 488. The first-order valence-electron chi connectivity index (χ1n) is 6.59. The van der Waals surface area contributed by atoms with Gasteiger partial charge in [0.2, 0.25) is 5.90 Å². The molecule has 0 aromatic heterocycles. The largest absolute Gasteiger partial charge is 0.480 e. The second kappa shape index (κ2) is 7.28. The number of nitrogens with zero attached hydrogens (tertiary/aromatic N) is 2. The highest BCUT2D eigenvalue weighted by molar-refractivity contribution is 9.10. The predicted molar refractivity (Wildman–Crippen MR) is 81.6 cm³/mol. The Hall–Kier alpha value is -1.56. The molecule has 1 aromatic rings. The Morgan fingerprint density at radius 3 is 2.75 bits per heavy atom. The lowest BCUT2D eigenvalue weighted by Gasteiger charge is -2.21. The molecule has 2 rings (SSSR count). The third-order valence-electron chi connectivity index (χ3n) is 3.02. The lowest BCUT2D eigenvalue weighted by Crippen LogP contribution is -2.36. The van der Waals surface area contributed by atoms with Crippen molar-refractivity contribution in [2.45, 2.75) is 19.3 Å². The molecule has 0 fully saturated rings. The van der Waals surface area contributed by atoms with Crippen LogP contribution in [0.15, 0.2) is 33.7 Å².